The van der Waals surface area contributed by atoms with E-state index in [0.29, 0.717) is 13.0 Å². The molecule has 2 aromatic carbocycles. The van der Waals surface area contributed by atoms with Crippen molar-refractivity contribution in [3.8, 4) is 0 Å². The van der Waals surface area contributed by atoms with E-state index in [1.54, 1.807) is 0 Å². The van der Waals surface area contributed by atoms with Crippen molar-refractivity contribution in [2.75, 3.05) is 44.3 Å². The van der Waals surface area contributed by atoms with Gasteiger partial charge in [0.05, 0.1) is 24.2 Å². The van der Waals surface area contributed by atoms with Crippen LogP contribution in [0.2, 0.25) is 0 Å². The third-order valence-electron chi connectivity index (χ3n) is 6.72. The number of carbonyl (C=O) groups is 1. The minimum atomic E-state index is 0.103. The van der Waals surface area contributed by atoms with E-state index in [1.807, 2.05) is 11.0 Å². The lowest BCUT2D eigenvalue weighted by atomic mass is 10.1. The topological polar surface area (TPSA) is 50.6 Å². The van der Waals surface area contributed by atoms with E-state index >= 15 is 0 Å². The Hall–Kier alpha value is -2.70. The molecule has 6 heteroatoms. The van der Waals surface area contributed by atoms with Crippen LogP contribution in [0.5, 0.6) is 0 Å². The van der Waals surface area contributed by atoms with E-state index < -0.39 is 0 Å². The molecule has 6 nitrogen and oxygen atoms in total. The molecular formula is C25H30N4O2. The summed E-state index contributed by atoms with van der Waals surface area (Å²) in [4.78, 5) is 22.3. The van der Waals surface area contributed by atoms with Crippen LogP contribution in [-0.2, 0) is 16.1 Å². The number of aromatic nitrogens is 2. The number of carbonyl (C=O) groups excluding carboxylic acids is 1. The normalized spacial score (nSPS) is 20.1. The first kappa shape index (κ1) is 20.2. The Balaban J connectivity index is 1.42. The fraction of sp³-hybridized carbons (Fsp3) is 0.440. The van der Waals surface area contributed by atoms with Crippen LogP contribution in [0.1, 0.15) is 29.3 Å². The molecule has 162 valence electrons. The SMILES string of the molecule is Cc1ccc(N2C[C@H](c3nc4ccccc4n3CCN3CCOCC3)CC2=O)cc1C. The average Bonchev–Trinajstić information content (AvgIpc) is 3.35. The molecule has 2 aliphatic heterocycles. The van der Waals surface area contributed by atoms with Gasteiger partial charge in [-0.1, -0.05) is 18.2 Å². The molecule has 2 saturated heterocycles. The summed E-state index contributed by atoms with van der Waals surface area (Å²) in [6.07, 6.45) is 0.508. The van der Waals surface area contributed by atoms with Crippen LogP contribution >= 0.6 is 0 Å². The van der Waals surface area contributed by atoms with Crippen LogP contribution in [-0.4, -0.2) is 59.8 Å². The number of para-hydroxylation sites is 2. The minimum absolute atomic E-state index is 0.103. The number of benzene rings is 2. The Kier molecular flexibility index (Phi) is 5.50. The van der Waals surface area contributed by atoms with Crippen molar-refractivity contribution in [3.05, 3.63) is 59.4 Å². The molecule has 0 radical (unpaired) electrons. The van der Waals surface area contributed by atoms with E-state index in [-0.39, 0.29) is 11.8 Å². The van der Waals surface area contributed by atoms with Crippen LogP contribution in [0.15, 0.2) is 42.5 Å². The largest absolute Gasteiger partial charge is 0.379 e. The van der Waals surface area contributed by atoms with Gasteiger partial charge in [-0.2, -0.15) is 0 Å². The van der Waals surface area contributed by atoms with Gasteiger partial charge in [0, 0.05) is 50.7 Å². The van der Waals surface area contributed by atoms with Crippen LogP contribution in [0, 0.1) is 13.8 Å². The second kappa shape index (κ2) is 8.44. The van der Waals surface area contributed by atoms with Gasteiger partial charge >= 0.3 is 0 Å². The molecule has 2 fully saturated rings. The van der Waals surface area contributed by atoms with Crippen LogP contribution in [0.4, 0.5) is 5.69 Å². The zero-order valence-electron chi connectivity index (χ0n) is 18.4. The molecule has 0 aliphatic carbocycles. The maximum absolute atomic E-state index is 13.0. The number of morpholine rings is 1. The lowest BCUT2D eigenvalue weighted by molar-refractivity contribution is -0.117. The monoisotopic (exact) mass is 418 g/mol. The molecule has 1 aromatic heterocycles. The number of hydrogen-bond acceptors (Lipinski definition) is 4. The summed E-state index contributed by atoms with van der Waals surface area (Å²) in [7, 11) is 0. The summed E-state index contributed by atoms with van der Waals surface area (Å²) < 4.78 is 7.83. The number of anilines is 1. The number of hydrogen-bond donors (Lipinski definition) is 0. The van der Waals surface area contributed by atoms with Crippen molar-refractivity contribution in [3.63, 3.8) is 0 Å². The number of amides is 1. The summed E-state index contributed by atoms with van der Waals surface area (Å²) in [5, 5.41) is 0. The average molecular weight is 419 g/mol. The Morgan fingerprint density at radius 1 is 1.03 bits per heavy atom. The molecular weight excluding hydrogens is 388 g/mol. The van der Waals surface area contributed by atoms with E-state index in [9.17, 15) is 4.79 Å². The van der Waals surface area contributed by atoms with Crippen molar-refractivity contribution in [1.29, 1.82) is 0 Å². The molecule has 5 rings (SSSR count). The Morgan fingerprint density at radius 3 is 2.65 bits per heavy atom. The highest BCUT2D eigenvalue weighted by molar-refractivity contribution is 5.96. The van der Waals surface area contributed by atoms with Crippen molar-refractivity contribution < 1.29 is 9.53 Å². The third-order valence-corrected chi connectivity index (χ3v) is 6.72. The molecule has 0 spiro atoms. The van der Waals surface area contributed by atoms with Crippen LogP contribution in [0.3, 0.4) is 0 Å². The van der Waals surface area contributed by atoms with Crippen molar-refractivity contribution >= 4 is 22.6 Å². The highest BCUT2D eigenvalue weighted by atomic mass is 16.5. The van der Waals surface area contributed by atoms with Gasteiger partial charge in [0.25, 0.3) is 0 Å². The minimum Gasteiger partial charge on any atom is -0.379 e. The van der Waals surface area contributed by atoms with E-state index in [2.05, 4.69) is 59.7 Å². The molecule has 31 heavy (non-hydrogen) atoms. The summed E-state index contributed by atoms with van der Waals surface area (Å²) in [5.41, 5.74) is 5.62. The number of aryl methyl sites for hydroxylation is 2. The quantitative estimate of drug-likeness (QED) is 0.636. The fourth-order valence-corrected chi connectivity index (χ4v) is 4.73. The standard InChI is InChI=1S/C25H30N4O2/c1-18-7-8-21(15-19(18)2)29-17-20(16-24(29)30)25-26-22-5-3-4-6-23(22)28(25)10-9-27-11-13-31-14-12-27/h3-8,15,20H,9-14,16-17H2,1-2H3/t20-/m1/s1. The highest BCUT2D eigenvalue weighted by Crippen LogP contribution is 2.33. The lowest BCUT2D eigenvalue weighted by Crippen LogP contribution is -2.38. The van der Waals surface area contributed by atoms with Gasteiger partial charge in [0.15, 0.2) is 0 Å². The molecule has 1 amide bonds. The zero-order valence-corrected chi connectivity index (χ0v) is 18.4. The first-order chi connectivity index (χ1) is 15.1. The molecule has 2 aliphatic rings. The van der Waals surface area contributed by atoms with Gasteiger partial charge in [0.1, 0.15) is 5.82 Å². The van der Waals surface area contributed by atoms with Gasteiger partial charge in [-0.15, -0.1) is 0 Å². The number of ether oxygens (including phenoxy) is 1. The molecule has 3 heterocycles. The van der Waals surface area contributed by atoms with Gasteiger partial charge in [0.2, 0.25) is 5.91 Å². The van der Waals surface area contributed by atoms with Gasteiger partial charge in [-0.05, 0) is 49.2 Å². The maximum Gasteiger partial charge on any atom is 0.227 e. The summed E-state index contributed by atoms with van der Waals surface area (Å²) in [5.74, 6) is 1.32. The summed E-state index contributed by atoms with van der Waals surface area (Å²) in [6.45, 7) is 10.3. The lowest BCUT2D eigenvalue weighted by Gasteiger charge is -2.27. The number of rotatable bonds is 5. The third kappa shape index (κ3) is 3.98. The highest BCUT2D eigenvalue weighted by Gasteiger charge is 2.35. The Labute approximate surface area is 183 Å². The maximum atomic E-state index is 13.0. The van der Waals surface area contributed by atoms with Gasteiger partial charge in [-0.3, -0.25) is 9.69 Å². The van der Waals surface area contributed by atoms with Crippen LogP contribution < -0.4 is 4.90 Å². The van der Waals surface area contributed by atoms with Crippen molar-refractivity contribution in [2.24, 2.45) is 0 Å². The predicted octanol–water partition coefficient (Wildman–Crippen LogP) is 3.51. The summed E-state index contributed by atoms with van der Waals surface area (Å²) >= 11 is 0. The van der Waals surface area contributed by atoms with Crippen LogP contribution in [0.25, 0.3) is 11.0 Å². The zero-order chi connectivity index (χ0) is 21.4. The molecule has 3 aromatic rings. The second-order valence-electron chi connectivity index (χ2n) is 8.74. The van der Waals surface area contributed by atoms with Crippen molar-refractivity contribution in [1.82, 2.24) is 14.5 Å². The molecule has 0 saturated carbocycles. The predicted molar refractivity (Wildman–Crippen MR) is 123 cm³/mol. The first-order valence-corrected chi connectivity index (χ1v) is 11.2. The van der Waals surface area contributed by atoms with Gasteiger partial charge < -0.3 is 14.2 Å². The summed E-state index contributed by atoms with van der Waals surface area (Å²) in [6, 6.07) is 14.6. The second-order valence-corrected chi connectivity index (χ2v) is 8.74. The fourth-order valence-electron chi connectivity index (χ4n) is 4.73. The smallest absolute Gasteiger partial charge is 0.227 e. The number of fused-ring (bicyclic) bond motifs is 1. The molecule has 0 bridgehead atoms. The van der Waals surface area contributed by atoms with E-state index in [1.165, 1.54) is 11.1 Å². The van der Waals surface area contributed by atoms with Crippen molar-refractivity contribution in [2.45, 2.75) is 32.7 Å². The van der Waals surface area contributed by atoms with E-state index in [4.69, 9.17) is 9.72 Å². The molecule has 1 atom stereocenters. The van der Waals surface area contributed by atoms with E-state index in [0.717, 1.165) is 61.9 Å². The van der Waals surface area contributed by atoms with Gasteiger partial charge in [-0.25, -0.2) is 4.98 Å². The first-order valence-electron chi connectivity index (χ1n) is 11.2. The molecule has 0 unspecified atom stereocenters. The Bertz CT molecular complexity index is 1100. The number of imidazole rings is 1. The Morgan fingerprint density at radius 2 is 1.84 bits per heavy atom. The number of nitrogens with zero attached hydrogens (tertiary/aromatic N) is 4. The molecule has 0 N–H and O–H groups in total.